The van der Waals surface area contributed by atoms with Crippen LogP contribution in [0.15, 0.2) is 35.9 Å². The van der Waals surface area contributed by atoms with Gasteiger partial charge in [0.15, 0.2) is 0 Å². The Kier molecular flexibility index (Phi) is 4.98. The quantitative estimate of drug-likeness (QED) is 0.721. The summed E-state index contributed by atoms with van der Waals surface area (Å²) in [5.74, 6) is 1.22. The molecule has 1 aliphatic heterocycles. The normalized spacial score (nSPS) is 15.7. The Hall–Kier alpha value is -2.82. The smallest absolute Gasteiger partial charge is 0.129 e. The second kappa shape index (κ2) is 7.20. The highest BCUT2D eigenvalue weighted by Gasteiger charge is 2.28. The van der Waals surface area contributed by atoms with Crippen LogP contribution < -0.4 is 9.47 Å². The first-order valence-corrected chi connectivity index (χ1v) is 8.60. The summed E-state index contributed by atoms with van der Waals surface area (Å²) in [5.41, 5.74) is 3.01. The molecule has 1 heterocycles. The van der Waals surface area contributed by atoms with Crippen molar-refractivity contribution in [3.8, 4) is 28.7 Å². The number of phenolic OH excluding ortho intramolecular Hbond substituents is 3. The lowest BCUT2D eigenvalue weighted by atomic mass is 9.87. The lowest BCUT2D eigenvalue weighted by Gasteiger charge is -2.28. The lowest BCUT2D eigenvalue weighted by molar-refractivity contribution is 0.253. The average Bonchev–Trinajstić information content (AvgIpc) is 2.61. The summed E-state index contributed by atoms with van der Waals surface area (Å²) in [6, 6.07) is 6.74. The zero-order valence-corrected chi connectivity index (χ0v) is 15.2. The van der Waals surface area contributed by atoms with E-state index < -0.39 is 0 Å². The van der Waals surface area contributed by atoms with Crippen molar-refractivity contribution >= 4 is 0 Å². The first-order chi connectivity index (χ1) is 12.4. The van der Waals surface area contributed by atoms with Crippen LogP contribution in [0.1, 0.15) is 36.5 Å². The van der Waals surface area contributed by atoms with Crippen molar-refractivity contribution in [1.82, 2.24) is 0 Å². The Labute approximate surface area is 153 Å². The van der Waals surface area contributed by atoms with Gasteiger partial charge in [0.25, 0.3) is 0 Å². The molecular weight excluding hydrogens is 332 g/mol. The molecule has 0 aromatic heterocycles. The number of benzene rings is 2. The highest BCUT2D eigenvalue weighted by molar-refractivity contribution is 5.58. The van der Waals surface area contributed by atoms with Crippen molar-refractivity contribution in [3.05, 3.63) is 52.6 Å². The SMILES string of the molecule is COc1ccc(C2COc3cc(O)c(CC=C(C)C)c(O)c3C2)c(O)c1. The van der Waals surface area contributed by atoms with E-state index in [4.69, 9.17) is 9.47 Å². The van der Waals surface area contributed by atoms with Gasteiger partial charge < -0.3 is 24.8 Å². The van der Waals surface area contributed by atoms with Gasteiger partial charge in [0.05, 0.1) is 13.7 Å². The van der Waals surface area contributed by atoms with Gasteiger partial charge >= 0.3 is 0 Å². The number of hydrogen-bond acceptors (Lipinski definition) is 5. The third kappa shape index (κ3) is 3.43. The molecule has 1 unspecified atom stereocenters. The largest absolute Gasteiger partial charge is 0.508 e. The van der Waals surface area contributed by atoms with Crippen LogP contribution in [-0.4, -0.2) is 29.0 Å². The van der Waals surface area contributed by atoms with Crippen LogP contribution in [0.3, 0.4) is 0 Å². The van der Waals surface area contributed by atoms with Gasteiger partial charge in [-0.25, -0.2) is 0 Å². The summed E-state index contributed by atoms with van der Waals surface area (Å²) in [6.45, 7) is 4.30. The number of methoxy groups -OCH3 is 1. The minimum Gasteiger partial charge on any atom is -0.508 e. The predicted octanol–water partition coefficient (Wildman–Crippen LogP) is 4.04. The highest BCUT2D eigenvalue weighted by Crippen LogP contribution is 2.45. The van der Waals surface area contributed by atoms with E-state index >= 15 is 0 Å². The molecule has 3 rings (SSSR count). The van der Waals surface area contributed by atoms with Gasteiger partial charge in [0.1, 0.15) is 28.7 Å². The average molecular weight is 356 g/mol. The molecule has 5 nitrogen and oxygen atoms in total. The summed E-state index contributed by atoms with van der Waals surface area (Å²) in [6.07, 6.45) is 2.92. The fourth-order valence-electron chi connectivity index (χ4n) is 3.24. The molecular formula is C21H24O5. The molecule has 138 valence electrons. The Morgan fingerprint density at radius 1 is 1.19 bits per heavy atom. The van der Waals surface area contributed by atoms with Gasteiger partial charge in [-0.2, -0.15) is 0 Å². The van der Waals surface area contributed by atoms with E-state index in [1.807, 2.05) is 26.0 Å². The van der Waals surface area contributed by atoms with E-state index in [0.29, 0.717) is 42.1 Å². The zero-order chi connectivity index (χ0) is 18.8. The molecule has 2 aromatic carbocycles. The third-order valence-electron chi connectivity index (χ3n) is 4.73. The number of fused-ring (bicyclic) bond motifs is 1. The molecule has 0 saturated heterocycles. The van der Waals surface area contributed by atoms with E-state index in [1.165, 1.54) is 0 Å². The summed E-state index contributed by atoms with van der Waals surface area (Å²) in [5, 5.41) is 31.2. The molecule has 1 aliphatic rings. The van der Waals surface area contributed by atoms with Crippen LogP contribution >= 0.6 is 0 Å². The Balaban J connectivity index is 1.94. The van der Waals surface area contributed by atoms with Crippen molar-refractivity contribution in [2.75, 3.05) is 13.7 Å². The van der Waals surface area contributed by atoms with Crippen LogP contribution in [-0.2, 0) is 12.8 Å². The molecule has 2 aromatic rings. The molecule has 0 fully saturated rings. The van der Waals surface area contributed by atoms with Crippen LogP contribution in [0.4, 0.5) is 0 Å². The van der Waals surface area contributed by atoms with Crippen molar-refractivity contribution in [2.24, 2.45) is 0 Å². The van der Waals surface area contributed by atoms with Crippen LogP contribution in [0.2, 0.25) is 0 Å². The van der Waals surface area contributed by atoms with Gasteiger partial charge in [-0.1, -0.05) is 17.7 Å². The zero-order valence-electron chi connectivity index (χ0n) is 15.2. The molecule has 0 aliphatic carbocycles. The van der Waals surface area contributed by atoms with Crippen molar-refractivity contribution in [1.29, 1.82) is 0 Å². The number of ether oxygens (including phenoxy) is 2. The maximum atomic E-state index is 10.7. The van der Waals surface area contributed by atoms with E-state index in [2.05, 4.69) is 0 Å². The van der Waals surface area contributed by atoms with E-state index in [9.17, 15) is 15.3 Å². The van der Waals surface area contributed by atoms with Crippen molar-refractivity contribution in [3.63, 3.8) is 0 Å². The first kappa shape index (κ1) is 18.0. The molecule has 26 heavy (non-hydrogen) atoms. The molecule has 0 radical (unpaired) electrons. The first-order valence-electron chi connectivity index (χ1n) is 8.60. The molecule has 0 saturated carbocycles. The third-order valence-corrected chi connectivity index (χ3v) is 4.73. The minimum atomic E-state index is -0.0971. The summed E-state index contributed by atoms with van der Waals surface area (Å²) in [7, 11) is 1.55. The Morgan fingerprint density at radius 3 is 2.62 bits per heavy atom. The Morgan fingerprint density at radius 2 is 1.96 bits per heavy atom. The molecule has 0 bridgehead atoms. The fourth-order valence-corrected chi connectivity index (χ4v) is 3.24. The maximum absolute atomic E-state index is 10.7. The van der Waals surface area contributed by atoms with Gasteiger partial charge in [-0.15, -0.1) is 0 Å². The number of rotatable bonds is 4. The number of aromatic hydroxyl groups is 3. The topological polar surface area (TPSA) is 79.2 Å². The van der Waals surface area contributed by atoms with Gasteiger partial charge in [-0.05, 0) is 32.8 Å². The second-order valence-electron chi connectivity index (χ2n) is 6.82. The van der Waals surface area contributed by atoms with Gasteiger partial charge in [-0.3, -0.25) is 0 Å². The Bertz CT molecular complexity index is 850. The van der Waals surface area contributed by atoms with Crippen LogP contribution in [0.5, 0.6) is 28.7 Å². The highest BCUT2D eigenvalue weighted by atomic mass is 16.5. The van der Waals surface area contributed by atoms with Crippen LogP contribution in [0.25, 0.3) is 0 Å². The second-order valence-corrected chi connectivity index (χ2v) is 6.82. The van der Waals surface area contributed by atoms with Crippen LogP contribution in [0, 0.1) is 0 Å². The predicted molar refractivity (Wildman–Crippen MR) is 99.5 cm³/mol. The van der Waals surface area contributed by atoms with E-state index in [-0.39, 0.29) is 23.2 Å². The molecule has 5 heteroatoms. The summed E-state index contributed by atoms with van der Waals surface area (Å²) in [4.78, 5) is 0. The standard InChI is InChI=1S/C21H24O5/c1-12(2)4-6-16-19(23)10-20-17(21(16)24)8-13(11-26-20)15-7-5-14(25-3)9-18(15)22/h4-5,7,9-10,13,22-24H,6,8,11H2,1-3H3. The molecule has 0 spiro atoms. The molecule has 3 N–H and O–H groups in total. The monoisotopic (exact) mass is 356 g/mol. The number of hydrogen-bond donors (Lipinski definition) is 3. The maximum Gasteiger partial charge on any atom is 0.129 e. The van der Waals surface area contributed by atoms with Crippen molar-refractivity contribution < 1.29 is 24.8 Å². The van der Waals surface area contributed by atoms with Crippen molar-refractivity contribution in [2.45, 2.75) is 32.6 Å². The summed E-state index contributed by atoms with van der Waals surface area (Å²) < 4.78 is 10.9. The lowest BCUT2D eigenvalue weighted by Crippen LogP contribution is -2.19. The van der Waals surface area contributed by atoms with Gasteiger partial charge in [0, 0.05) is 34.7 Å². The fraction of sp³-hybridized carbons (Fsp3) is 0.333. The minimum absolute atomic E-state index is 0.0319. The summed E-state index contributed by atoms with van der Waals surface area (Å²) >= 11 is 0. The molecule has 1 atom stereocenters. The number of phenols is 3. The van der Waals surface area contributed by atoms with E-state index in [1.54, 1.807) is 25.3 Å². The van der Waals surface area contributed by atoms with E-state index in [0.717, 1.165) is 11.1 Å². The van der Waals surface area contributed by atoms with Gasteiger partial charge in [0.2, 0.25) is 0 Å². The molecule has 0 amide bonds. The number of allylic oxidation sites excluding steroid dienone is 2.